The molecule has 7 heteroatoms. The highest BCUT2D eigenvalue weighted by Crippen LogP contribution is 2.40. The molecule has 1 saturated heterocycles. The zero-order chi connectivity index (χ0) is 13.4. The average molecular weight is 302 g/mol. The van der Waals surface area contributed by atoms with Crippen molar-refractivity contribution >= 4 is 18.4 Å². The first-order valence-electron chi connectivity index (χ1n) is 6.93. The minimum absolute atomic E-state index is 0. The van der Waals surface area contributed by atoms with Gasteiger partial charge in [0, 0.05) is 6.04 Å². The molecule has 1 saturated carbocycles. The van der Waals surface area contributed by atoms with Crippen LogP contribution in [0.3, 0.4) is 0 Å². The van der Waals surface area contributed by atoms with E-state index in [0.717, 1.165) is 19.3 Å². The first kappa shape index (κ1) is 15.3. The molecule has 3 rings (SSSR count). The normalized spacial score (nSPS) is 29.8. The van der Waals surface area contributed by atoms with Gasteiger partial charge in [0.2, 0.25) is 5.89 Å². The monoisotopic (exact) mass is 301 g/mol. The average Bonchev–Trinajstić information content (AvgIpc) is 2.95. The van der Waals surface area contributed by atoms with Gasteiger partial charge >= 0.3 is 5.97 Å². The number of likely N-dealkylation sites (tertiary alicyclic amines) is 1. The Labute approximate surface area is 123 Å². The molecule has 3 atom stereocenters. The summed E-state index contributed by atoms with van der Waals surface area (Å²) < 4.78 is 5.14. The van der Waals surface area contributed by atoms with Crippen molar-refractivity contribution in [3.05, 3.63) is 11.7 Å². The molecule has 2 heterocycles. The number of nitrogens with zero attached hydrogens (tertiary/aromatic N) is 3. The molecule has 2 fully saturated rings. The molecule has 0 spiro atoms. The minimum atomic E-state index is -0.731. The smallest absolute Gasteiger partial charge is 0.320 e. The van der Waals surface area contributed by atoms with Crippen LogP contribution in [0.5, 0.6) is 0 Å². The summed E-state index contributed by atoms with van der Waals surface area (Å²) in [7, 11) is 0. The van der Waals surface area contributed by atoms with Crippen molar-refractivity contribution in [2.75, 3.05) is 0 Å². The van der Waals surface area contributed by atoms with E-state index in [0.29, 0.717) is 30.2 Å². The molecule has 0 bridgehead atoms. The fourth-order valence-electron chi connectivity index (χ4n) is 3.58. The fraction of sp³-hybridized carbons (Fsp3) is 0.769. The molecule has 20 heavy (non-hydrogen) atoms. The van der Waals surface area contributed by atoms with Crippen molar-refractivity contribution in [3.8, 4) is 0 Å². The second kappa shape index (κ2) is 6.10. The maximum atomic E-state index is 11.4. The van der Waals surface area contributed by atoms with Crippen LogP contribution in [0.4, 0.5) is 0 Å². The van der Waals surface area contributed by atoms with Gasteiger partial charge in [-0.1, -0.05) is 18.0 Å². The number of carboxylic acids is 1. The molecule has 112 valence electrons. The molecule has 2 aliphatic rings. The molecule has 1 N–H and O–H groups in total. The number of carboxylic acid groups (broad SMARTS) is 1. The van der Waals surface area contributed by atoms with Crippen LogP contribution in [0, 0.1) is 12.8 Å². The predicted molar refractivity (Wildman–Crippen MR) is 73.6 cm³/mol. The van der Waals surface area contributed by atoms with Gasteiger partial charge in [-0.25, -0.2) is 0 Å². The third kappa shape index (κ3) is 2.81. The molecular weight excluding hydrogens is 282 g/mol. The van der Waals surface area contributed by atoms with E-state index in [2.05, 4.69) is 15.0 Å². The molecule has 0 aromatic carbocycles. The first-order valence-corrected chi connectivity index (χ1v) is 6.93. The Bertz CT molecular complexity index is 479. The van der Waals surface area contributed by atoms with Gasteiger partial charge in [0.15, 0.2) is 5.82 Å². The number of aryl methyl sites for hydroxylation is 1. The summed E-state index contributed by atoms with van der Waals surface area (Å²) in [6, 6.07) is -0.0395. The standard InChI is InChI=1S/C13H19N3O3.ClH/c1-8-14-12(19-15-8)7-16-10-5-3-2-4-9(10)6-11(16)13(17)18;/h9-11H,2-7H2,1H3,(H,17,18);1H. The van der Waals surface area contributed by atoms with Crippen LogP contribution in [-0.2, 0) is 11.3 Å². The summed E-state index contributed by atoms with van der Waals surface area (Å²) in [5.74, 6) is 0.903. The predicted octanol–water partition coefficient (Wildman–Crippen LogP) is 2.02. The Kier molecular flexibility index (Phi) is 4.65. The zero-order valence-corrected chi connectivity index (χ0v) is 12.3. The lowest BCUT2D eigenvalue weighted by atomic mass is 9.85. The van der Waals surface area contributed by atoms with E-state index in [1.807, 2.05) is 0 Å². The summed E-state index contributed by atoms with van der Waals surface area (Å²) in [5, 5.41) is 13.2. The number of hydrogen-bond acceptors (Lipinski definition) is 5. The second-order valence-corrected chi connectivity index (χ2v) is 5.61. The largest absolute Gasteiger partial charge is 0.480 e. The maximum Gasteiger partial charge on any atom is 0.320 e. The fourth-order valence-corrected chi connectivity index (χ4v) is 3.58. The third-order valence-corrected chi connectivity index (χ3v) is 4.39. The SMILES string of the molecule is Cc1noc(CN2C(C(=O)O)CC3CCCCC32)n1.Cl. The topological polar surface area (TPSA) is 79.5 Å². The number of carbonyl (C=O) groups is 1. The highest BCUT2D eigenvalue weighted by molar-refractivity contribution is 5.85. The van der Waals surface area contributed by atoms with Crippen LogP contribution in [0.15, 0.2) is 4.52 Å². The molecule has 1 aromatic heterocycles. The van der Waals surface area contributed by atoms with Crippen molar-refractivity contribution in [2.24, 2.45) is 5.92 Å². The van der Waals surface area contributed by atoms with Crippen molar-refractivity contribution in [1.82, 2.24) is 15.0 Å². The Balaban J connectivity index is 0.00000147. The van der Waals surface area contributed by atoms with E-state index in [-0.39, 0.29) is 12.4 Å². The van der Waals surface area contributed by atoms with E-state index in [9.17, 15) is 9.90 Å². The van der Waals surface area contributed by atoms with Gasteiger partial charge in [-0.2, -0.15) is 4.98 Å². The number of aromatic nitrogens is 2. The second-order valence-electron chi connectivity index (χ2n) is 5.61. The number of hydrogen-bond donors (Lipinski definition) is 1. The van der Waals surface area contributed by atoms with Gasteiger partial charge in [-0.05, 0) is 32.1 Å². The lowest BCUT2D eigenvalue weighted by Gasteiger charge is -2.31. The Morgan fingerprint density at radius 2 is 2.20 bits per heavy atom. The minimum Gasteiger partial charge on any atom is -0.480 e. The number of rotatable bonds is 3. The van der Waals surface area contributed by atoms with Crippen LogP contribution in [-0.4, -0.2) is 38.2 Å². The molecule has 1 aliphatic heterocycles. The lowest BCUT2D eigenvalue weighted by Crippen LogP contribution is -2.41. The van der Waals surface area contributed by atoms with Crippen LogP contribution in [0.25, 0.3) is 0 Å². The van der Waals surface area contributed by atoms with Gasteiger partial charge in [-0.15, -0.1) is 12.4 Å². The first-order chi connectivity index (χ1) is 9.15. The number of halogens is 1. The van der Waals surface area contributed by atoms with E-state index in [1.54, 1.807) is 6.92 Å². The molecular formula is C13H20ClN3O3. The maximum absolute atomic E-state index is 11.4. The van der Waals surface area contributed by atoms with Gasteiger partial charge in [-0.3, -0.25) is 9.69 Å². The van der Waals surface area contributed by atoms with Crippen molar-refractivity contribution < 1.29 is 14.4 Å². The van der Waals surface area contributed by atoms with Gasteiger partial charge in [0.25, 0.3) is 0 Å². The number of fused-ring (bicyclic) bond motifs is 1. The van der Waals surface area contributed by atoms with Crippen LogP contribution in [0.1, 0.15) is 43.8 Å². The summed E-state index contributed by atoms with van der Waals surface area (Å²) in [6.07, 6.45) is 5.40. The summed E-state index contributed by atoms with van der Waals surface area (Å²) in [4.78, 5) is 17.7. The lowest BCUT2D eigenvalue weighted by molar-refractivity contribution is -0.143. The zero-order valence-electron chi connectivity index (χ0n) is 11.5. The molecule has 0 amide bonds. The Morgan fingerprint density at radius 1 is 1.45 bits per heavy atom. The van der Waals surface area contributed by atoms with Crippen LogP contribution >= 0.6 is 12.4 Å². The van der Waals surface area contributed by atoms with Crippen LogP contribution < -0.4 is 0 Å². The van der Waals surface area contributed by atoms with Crippen molar-refractivity contribution in [2.45, 2.75) is 57.7 Å². The molecule has 3 unspecified atom stereocenters. The van der Waals surface area contributed by atoms with Gasteiger partial charge in [0.05, 0.1) is 6.54 Å². The highest BCUT2D eigenvalue weighted by atomic mass is 35.5. The van der Waals surface area contributed by atoms with Crippen LogP contribution in [0.2, 0.25) is 0 Å². The van der Waals surface area contributed by atoms with E-state index < -0.39 is 12.0 Å². The van der Waals surface area contributed by atoms with Crippen molar-refractivity contribution in [1.29, 1.82) is 0 Å². The van der Waals surface area contributed by atoms with Gasteiger partial charge < -0.3 is 9.63 Å². The van der Waals surface area contributed by atoms with Crippen molar-refractivity contribution in [3.63, 3.8) is 0 Å². The third-order valence-electron chi connectivity index (χ3n) is 4.39. The Hall–Kier alpha value is -1.14. The highest BCUT2D eigenvalue weighted by Gasteiger charge is 2.45. The van der Waals surface area contributed by atoms with E-state index in [1.165, 1.54) is 12.8 Å². The van der Waals surface area contributed by atoms with E-state index >= 15 is 0 Å². The molecule has 6 nitrogen and oxygen atoms in total. The molecule has 1 aromatic rings. The van der Waals surface area contributed by atoms with E-state index in [4.69, 9.17) is 4.52 Å². The summed E-state index contributed by atoms with van der Waals surface area (Å²) in [5.41, 5.74) is 0. The summed E-state index contributed by atoms with van der Waals surface area (Å²) in [6.45, 7) is 2.23. The quantitative estimate of drug-likeness (QED) is 0.920. The Morgan fingerprint density at radius 3 is 2.85 bits per heavy atom. The molecule has 0 radical (unpaired) electrons. The summed E-state index contributed by atoms with van der Waals surface area (Å²) >= 11 is 0. The number of aliphatic carboxylic acids is 1. The van der Waals surface area contributed by atoms with Gasteiger partial charge in [0.1, 0.15) is 6.04 Å². The molecule has 1 aliphatic carbocycles.